The van der Waals surface area contributed by atoms with Crippen LogP contribution in [0.15, 0.2) is 77.9 Å². The lowest BCUT2D eigenvalue weighted by atomic mass is 10.1. The van der Waals surface area contributed by atoms with Gasteiger partial charge in [-0.2, -0.15) is 0 Å². The number of aromatic amines is 1. The molecule has 2 aromatic heterocycles. The monoisotopic (exact) mass is 362 g/mol. The van der Waals surface area contributed by atoms with E-state index in [1.165, 1.54) is 36.5 Å². The third-order valence-electron chi connectivity index (χ3n) is 4.30. The largest absolute Gasteiger partial charge is 0.457 e. The van der Waals surface area contributed by atoms with Crippen LogP contribution in [0.1, 0.15) is 15.9 Å². The summed E-state index contributed by atoms with van der Waals surface area (Å²) in [6, 6.07) is 16.1. The van der Waals surface area contributed by atoms with Gasteiger partial charge in [0.25, 0.3) is 5.56 Å². The zero-order chi connectivity index (χ0) is 18.8. The number of hydrogen-bond donors (Lipinski definition) is 1. The van der Waals surface area contributed by atoms with Gasteiger partial charge in [0.05, 0.1) is 11.3 Å². The smallest absolute Gasteiger partial charge is 0.339 e. The number of rotatable bonds is 4. The first kappa shape index (κ1) is 16.8. The number of pyridine rings is 1. The highest BCUT2D eigenvalue weighted by molar-refractivity contribution is 5.89. The van der Waals surface area contributed by atoms with E-state index < -0.39 is 17.3 Å². The van der Waals surface area contributed by atoms with Gasteiger partial charge >= 0.3 is 5.97 Å². The fourth-order valence-corrected chi connectivity index (χ4v) is 2.95. The zero-order valence-corrected chi connectivity index (χ0v) is 14.2. The molecular formula is C21H15FN2O3. The zero-order valence-electron chi connectivity index (χ0n) is 14.2. The first-order chi connectivity index (χ1) is 13.1. The summed E-state index contributed by atoms with van der Waals surface area (Å²) in [5.74, 6) is -1.14. The van der Waals surface area contributed by atoms with Crippen LogP contribution in [0.2, 0.25) is 0 Å². The van der Waals surface area contributed by atoms with E-state index >= 15 is 0 Å². The van der Waals surface area contributed by atoms with Crippen LogP contribution in [0, 0.1) is 5.82 Å². The lowest BCUT2D eigenvalue weighted by Crippen LogP contribution is -2.20. The molecule has 0 spiro atoms. The number of fused-ring (bicyclic) bond motifs is 1. The van der Waals surface area contributed by atoms with E-state index in [-0.39, 0.29) is 17.9 Å². The summed E-state index contributed by atoms with van der Waals surface area (Å²) in [4.78, 5) is 27.6. The third kappa shape index (κ3) is 3.25. The number of nitrogens with zero attached hydrogens (tertiary/aromatic N) is 1. The molecule has 134 valence electrons. The van der Waals surface area contributed by atoms with Crippen molar-refractivity contribution >= 4 is 16.9 Å². The molecule has 0 atom stereocenters. The molecule has 6 heteroatoms. The molecule has 4 rings (SSSR count). The number of benzene rings is 2. The highest BCUT2D eigenvalue weighted by Gasteiger charge is 2.13. The quantitative estimate of drug-likeness (QED) is 0.562. The van der Waals surface area contributed by atoms with Gasteiger partial charge in [0, 0.05) is 29.4 Å². The predicted octanol–water partition coefficient (Wildman–Crippen LogP) is 3.81. The Hall–Kier alpha value is -3.67. The molecule has 5 nitrogen and oxygen atoms in total. The van der Waals surface area contributed by atoms with Crippen LogP contribution >= 0.6 is 0 Å². The van der Waals surface area contributed by atoms with E-state index in [2.05, 4.69) is 4.98 Å². The molecule has 0 saturated carbocycles. The minimum absolute atomic E-state index is 0.0780. The second-order valence-corrected chi connectivity index (χ2v) is 6.01. The van der Waals surface area contributed by atoms with Crippen LogP contribution in [0.5, 0.6) is 0 Å². The van der Waals surface area contributed by atoms with Crippen LogP contribution in [0.3, 0.4) is 0 Å². The van der Waals surface area contributed by atoms with E-state index in [1.54, 1.807) is 6.07 Å². The number of carbonyl (C=O) groups excluding carboxylic acids is 1. The van der Waals surface area contributed by atoms with Crippen LogP contribution in [0.25, 0.3) is 16.6 Å². The fraction of sp³-hybridized carbons (Fsp3) is 0.0476. The molecule has 27 heavy (non-hydrogen) atoms. The predicted molar refractivity (Wildman–Crippen MR) is 99.4 cm³/mol. The van der Waals surface area contributed by atoms with Crippen molar-refractivity contribution in [3.8, 4) is 5.69 Å². The summed E-state index contributed by atoms with van der Waals surface area (Å²) >= 11 is 0. The van der Waals surface area contributed by atoms with Crippen molar-refractivity contribution in [1.29, 1.82) is 0 Å². The number of nitrogens with one attached hydrogen (secondary N) is 1. The van der Waals surface area contributed by atoms with Gasteiger partial charge in [-0.3, -0.25) is 9.36 Å². The van der Waals surface area contributed by atoms with E-state index in [0.29, 0.717) is 0 Å². The van der Waals surface area contributed by atoms with Crippen LogP contribution in [0.4, 0.5) is 4.39 Å². The lowest BCUT2D eigenvalue weighted by molar-refractivity contribution is 0.0473. The third-order valence-corrected chi connectivity index (χ3v) is 4.30. The summed E-state index contributed by atoms with van der Waals surface area (Å²) < 4.78 is 20.5. The number of ether oxygens (including phenoxy) is 1. The van der Waals surface area contributed by atoms with E-state index in [4.69, 9.17) is 4.74 Å². The second kappa shape index (κ2) is 6.92. The van der Waals surface area contributed by atoms with Gasteiger partial charge in [0.1, 0.15) is 12.4 Å². The molecule has 0 fully saturated rings. The molecule has 0 radical (unpaired) electrons. The number of hydrogen-bond acceptors (Lipinski definition) is 3. The first-order valence-electron chi connectivity index (χ1n) is 8.33. The normalized spacial score (nSPS) is 10.9. The first-order valence-corrected chi connectivity index (χ1v) is 8.33. The molecular weight excluding hydrogens is 347 g/mol. The van der Waals surface area contributed by atoms with Gasteiger partial charge < -0.3 is 9.72 Å². The second-order valence-electron chi connectivity index (χ2n) is 6.01. The minimum Gasteiger partial charge on any atom is -0.457 e. The molecule has 0 aliphatic carbocycles. The Balaban J connectivity index is 1.59. The van der Waals surface area contributed by atoms with E-state index in [0.717, 1.165) is 21.0 Å². The molecule has 1 N–H and O–H groups in total. The average Bonchev–Trinajstić information content (AvgIpc) is 3.16. The molecule has 2 aromatic carbocycles. The number of carbonyl (C=O) groups is 1. The molecule has 0 bridgehead atoms. The maximum absolute atomic E-state index is 14.0. The Labute approximate surface area is 153 Å². The van der Waals surface area contributed by atoms with Gasteiger partial charge in [0.2, 0.25) is 0 Å². The Kier molecular flexibility index (Phi) is 4.30. The molecule has 0 aliphatic heterocycles. The molecule has 0 amide bonds. The fourth-order valence-electron chi connectivity index (χ4n) is 2.95. The van der Waals surface area contributed by atoms with Crippen LogP contribution in [-0.4, -0.2) is 15.5 Å². The number of halogens is 1. The van der Waals surface area contributed by atoms with Crippen molar-refractivity contribution in [2.24, 2.45) is 0 Å². The standard InChI is InChI=1S/C21H15FN2O3/c22-17-5-1-2-7-19(17)24-12-14(8-9-20(24)25)21(26)27-13-15-4-3-6-18-16(15)10-11-23-18/h1-12,23H,13H2. The number of esters is 1. The highest BCUT2D eigenvalue weighted by Crippen LogP contribution is 2.19. The summed E-state index contributed by atoms with van der Waals surface area (Å²) in [5.41, 5.74) is 1.63. The average molecular weight is 362 g/mol. The lowest BCUT2D eigenvalue weighted by Gasteiger charge is -2.10. The maximum atomic E-state index is 14.0. The topological polar surface area (TPSA) is 64.1 Å². The van der Waals surface area contributed by atoms with Crippen molar-refractivity contribution in [1.82, 2.24) is 9.55 Å². The van der Waals surface area contributed by atoms with Gasteiger partial charge in [-0.15, -0.1) is 0 Å². The summed E-state index contributed by atoms with van der Waals surface area (Å²) in [6.07, 6.45) is 3.11. The van der Waals surface area contributed by atoms with Crippen molar-refractivity contribution in [3.63, 3.8) is 0 Å². The van der Waals surface area contributed by atoms with Gasteiger partial charge in [-0.1, -0.05) is 24.3 Å². The van der Waals surface area contributed by atoms with Crippen molar-refractivity contribution in [2.75, 3.05) is 0 Å². The summed E-state index contributed by atoms with van der Waals surface area (Å²) in [6.45, 7) is 0.0901. The van der Waals surface area contributed by atoms with Gasteiger partial charge in [-0.25, -0.2) is 9.18 Å². The molecule has 0 unspecified atom stereocenters. The van der Waals surface area contributed by atoms with Crippen LogP contribution < -0.4 is 5.56 Å². The van der Waals surface area contributed by atoms with Crippen molar-refractivity contribution in [2.45, 2.75) is 6.61 Å². The Bertz CT molecular complexity index is 1190. The Morgan fingerprint density at radius 2 is 1.89 bits per heavy atom. The highest BCUT2D eigenvalue weighted by atomic mass is 19.1. The minimum atomic E-state index is -0.590. The number of aromatic nitrogens is 2. The van der Waals surface area contributed by atoms with Gasteiger partial charge in [0.15, 0.2) is 0 Å². The van der Waals surface area contributed by atoms with Crippen molar-refractivity contribution < 1.29 is 13.9 Å². The number of H-pyrrole nitrogens is 1. The summed E-state index contributed by atoms with van der Waals surface area (Å²) in [7, 11) is 0. The molecule has 2 heterocycles. The number of para-hydroxylation sites is 1. The van der Waals surface area contributed by atoms with Crippen molar-refractivity contribution in [3.05, 3.63) is 100 Å². The Morgan fingerprint density at radius 1 is 1.04 bits per heavy atom. The molecule has 4 aromatic rings. The van der Waals surface area contributed by atoms with E-state index in [1.807, 2.05) is 30.5 Å². The Morgan fingerprint density at radius 3 is 2.74 bits per heavy atom. The maximum Gasteiger partial charge on any atom is 0.339 e. The summed E-state index contributed by atoms with van der Waals surface area (Å²) in [5, 5.41) is 0.974. The SMILES string of the molecule is O=C(OCc1cccc2[nH]ccc12)c1ccc(=O)n(-c2ccccc2F)c1. The van der Waals surface area contributed by atoms with E-state index in [9.17, 15) is 14.0 Å². The van der Waals surface area contributed by atoms with Crippen LogP contribution in [-0.2, 0) is 11.3 Å². The van der Waals surface area contributed by atoms with Gasteiger partial charge in [-0.05, 0) is 35.9 Å². The molecule has 0 saturated heterocycles. The molecule has 0 aliphatic rings.